The van der Waals surface area contributed by atoms with Crippen molar-refractivity contribution in [2.75, 3.05) is 46.3 Å². The van der Waals surface area contributed by atoms with Gasteiger partial charge in [-0.25, -0.2) is 4.39 Å². The van der Waals surface area contributed by atoms with Gasteiger partial charge in [-0.2, -0.15) is 5.26 Å². The molecular weight excluding hydrogens is 467 g/mol. The van der Waals surface area contributed by atoms with E-state index in [1.807, 2.05) is 36.4 Å². The number of carbonyl (C=O) groups is 1. The van der Waals surface area contributed by atoms with Gasteiger partial charge in [-0.15, -0.1) is 0 Å². The summed E-state index contributed by atoms with van der Waals surface area (Å²) in [4.78, 5) is 20.1. The number of likely N-dealkylation sites (N-methyl/N-ethyl adjacent to an activating group) is 1. The maximum Gasteiger partial charge on any atom is 0.254 e. The highest BCUT2D eigenvalue weighted by atomic mass is 19.1. The summed E-state index contributed by atoms with van der Waals surface area (Å²) in [5, 5.41) is 21.0. The topological polar surface area (TPSA) is 70.8 Å². The van der Waals surface area contributed by atoms with Gasteiger partial charge in [0.1, 0.15) is 5.82 Å². The third-order valence-electron chi connectivity index (χ3n) is 7.85. The van der Waals surface area contributed by atoms with Crippen molar-refractivity contribution in [3.05, 3.63) is 83.2 Å². The Balaban J connectivity index is 1.28. The number of aliphatic hydroxyl groups is 1. The van der Waals surface area contributed by atoms with E-state index in [9.17, 15) is 19.6 Å². The van der Waals surface area contributed by atoms with Crippen molar-refractivity contribution in [3.63, 3.8) is 0 Å². The highest BCUT2D eigenvalue weighted by Gasteiger charge is 2.35. The molecule has 7 heteroatoms. The first kappa shape index (κ1) is 25.3. The van der Waals surface area contributed by atoms with E-state index < -0.39 is 0 Å². The number of halogens is 1. The number of carbonyl (C=O) groups excluding carboxylic acids is 1. The molecule has 2 aliphatic heterocycles. The molecule has 6 nitrogen and oxygen atoms in total. The molecule has 0 saturated carbocycles. The van der Waals surface area contributed by atoms with Crippen LogP contribution in [0, 0.1) is 17.1 Å². The number of benzene rings is 3. The Morgan fingerprint density at radius 1 is 1.16 bits per heavy atom. The molecule has 192 valence electrons. The summed E-state index contributed by atoms with van der Waals surface area (Å²) in [5.74, 6) is -0.352. The first-order chi connectivity index (χ1) is 17.9. The van der Waals surface area contributed by atoms with Crippen LogP contribution in [0.25, 0.3) is 10.8 Å². The minimum atomic E-state index is -0.273. The van der Waals surface area contributed by atoms with Crippen molar-refractivity contribution in [1.29, 1.82) is 5.26 Å². The van der Waals surface area contributed by atoms with E-state index >= 15 is 0 Å². The summed E-state index contributed by atoms with van der Waals surface area (Å²) in [5.41, 5.74) is 1.99. The molecule has 3 aromatic rings. The zero-order valence-corrected chi connectivity index (χ0v) is 21.2. The minimum absolute atomic E-state index is 0.0487. The number of nitriles is 1. The number of aliphatic hydroxyl groups excluding tert-OH is 1. The number of hydrogen-bond acceptors (Lipinski definition) is 5. The molecule has 2 aliphatic rings. The largest absolute Gasteiger partial charge is 0.392 e. The fraction of sp³-hybridized carbons (Fsp3) is 0.400. The maximum absolute atomic E-state index is 13.7. The monoisotopic (exact) mass is 500 g/mol. The summed E-state index contributed by atoms with van der Waals surface area (Å²) < 4.78 is 13.7. The molecule has 37 heavy (non-hydrogen) atoms. The molecule has 1 N–H and O–H groups in total. The van der Waals surface area contributed by atoms with Crippen LogP contribution in [0.3, 0.4) is 0 Å². The molecule has 2 fully saturated rings. The quantitative estimate of drug-likeness (QED) is 0.509. The Kier molecular flexibility index (Phi) is 7.52. The summed E-state index contributed by atoms with van der Waals surface area (Å²) >= 11 is 0. The number of rotatable bonds is 8. The minimum Gasteiger partial charge on any atom is -0.392 e. The van der Waals surface area contributed by atoms with Gasteiger partial charge in [0.05, 0.1) is 17.7 Å². The van der Waals surface area contributed by atoms with Crippen LogP contribution >= 0.6 is 0 Å². The third-order valence-corrected chi connectivity index (χ3v) is 7.85. The number of fused-ring (bicyclic) bond motifs is 1. The van der Waals surface area contributed by atoms with Gasteiger partial charge in [0.25, 0.3) is 5.91 Å². The first-order valence-corrected chi connectivity index (χ1v) is 13.0. The molecule has 3 aromatic carbocycles. The number of likely N-dealkylation sites (tertiary alicyclic amines) is 2. The van der Waals surface area contributed by atoms with E-state index in [4.69, 9.17) is 0 Å². The fourth-order valence-corrected chi connectivity index (χ4v) is 5.66. The smallest absolute Gasteiger partial charge is 0.254 e. The van der Waals surface area contributed by atoms with Crippen molar-refractivity contribution in [3.8, 4) is 6.07 Å². The molecule has 2 heterocycles. The predicted octanol–water partition coefficient (Wildman–Crippen LogP) is 3.85. The number of hydrogen-bond donors (Lipinski definition) is 1. The van der Waals surface area contributed by atoms with Crippen LogP contribution in [-0.4, -0.2) is 84.2 Å². The molecule has 1 amide bonds. The molecule has 0 aliphatic carbocycles. The number of nitrogens with zero attached hydrogens (tertiary/aromatic N) is 4. The number of β-amino-alcohol motifs (C(OH)–C–C–N with tert-alkyl or cyclic N) is 1. The van der Waals surface area contributed by atoms with E-state index in [0.717, 1.165) is 61.9 Å². The number of amides is 1. The van der Waals surface area contributed by atoms with Gasteiger partial charge < -0.3 is 14.9 Å². The average Bonchev–Trinajstić information content (AvgIpc) is 3.31. The molecule has 5 rings (SSSR count). The molecule has 0 spiro atoms. The van der Waals surface area contributed by atoms with Crippen LogP contribution in [-0.2, 0) is 0 Å². The standard InChI is InChI=1S/C30H33FN4O2/c1-33(30(37)29-15-21(16-32)14-23-4-2-3-5-28(23)29)17-24(22-6-8-25(31)9-7-22)10-12-34-18-26(19-34)35-13-11-27(36)20-35/h2-9,14-15,24,26-27,36H,10-13,17-20H2,1H3/t24-,27?/m1/s1. The van der Waals surface area contributed by atoms with Crippen molar-refractivity contribution in [2.45, 2.75) is 30.9 Å². The second kappa shape index (κ2) is 11.0. The summed E-state index contributed by atoms with van der Waals surface area (Å²) in [6.07, 6.45) is 1.50. The van der Waals surface area contributed by atoms with Gasteiger partial charge >= 0.3 is 0 Å². The van der Waals surface area contributed by atoms with Crippen molar-refractivity contribution in [1.82, 2.24) is 14.7 Å². The van der Waals surface area contributed by atoms with Gasteiger partial charge in [0.15, 0.2) is 0 Å². The lowest BCUT2D eigenvalue weighted by Gasteiger charge is -2.44. The van der Waals surface area contributed by atoms with Crippen LogP contribution in [0.15, 0.2) is 60.7 Å². The Bertz CT molecular complexity index is 1300. The fourth-order valence-electron chi connectivity index (χ4n) is 5.66. The van der Waals surface area contributed by atoms with Crippen LogP contribution < -0.4 is 0 Å². The molecule has 2 atom stereocenters. The lowest BCUT2D eigenvalue weighted by Crippen LogP contribution is -2.59. The first-order valence-electron chi connectivity index (χ1n) is 13.0. The van der Waals surface area contributed by atoms with Crippen molar-refractivity contribution < 1.29 is 14.3 Å². The van der Waals surface area contributed by atoms with Crippen LogP contribution in [0.2, 0.25) is 0 Å². The summed E-state index contributed by atoms with van der Waals surface area (Å²) in [6, 6.07) is 20.4. The Morgan fingerprint density at radius 2 is 1.92 bits per heavy atom. The average molecular weight is 501 g/mol. The second-order valence-electron chi connectivity index (χ2n) is 10.4. The lowest BCUT2D eigenvalue weighted by atomic mass is 9.93. The van der Waals surface area contributed by atoms with E-state index in [-0.39, 0.29) is 23.7 Å². The molecule has 1 unspecified atom stereocenters. The lowest BCUT2D eigenvalue weighted by molar-refractivity contribution is 0.0374. The van der Waals surface area contributed by atoms with Gasteiger partial charge in [0, 0.05) is 57.3 Å². The van der Waals surface area contributed by atoms with E-state index in [2.05, 4.69) is 15.9 Å². The molecule has 0 radical (unpaired) electrons. The van der Waals surface area contributed by atoms with Gasteiger partial charge in [-0.3, -0.25) is 9.69 Å². The summed E-state index contributed by atoms with van der Waals surface area (Å²) in [6.45, 7) is 5.10. The highest BCUT2D eigenvalue weighted by Crippen LogP contribution is 2.27. The Hall–Kier alpha value is -3.31. The zero-order chi connectivity index (χ0) is 25.9. The SMILES string of the molecule is CN(C[C@@H](CCN1CC(N2CCC(O)C2)C1)c1ccc(F)cc1)C(=O)c1cc(C#N)cc2ccccc12. The van der Waals surface area contributed by atoms with Gasteiger partial charge in [-0.05, 0) is 60.0 Å². The van der Waals surface area contributed by atoms with Gasteiger partial charge in [-0.1, -0.05) is 36.4 Å². The highest BCUT2D eigenvalue weighted by molar-refractivity contribution is 6.07. The van der Waals surface area contributed by atoms with Crippen LogP contribution in [0.1, 0.15) is 40.2 Å². The van der Waals surface area contributed by atoms with Crippen molar-refractivity contribution >= 4 is 16.7 Å². The van der Waals surface area contributed by atoms with E-state index in [0.29, 0.717) is 23.7 Å². The van der Waals surface area contributed by atoms with E-state index in [1.165, 1.54) is 12.1 Å². The molecule has 2 saturated heterocycles. The zero-order valence-electron chi connectivity index (χ0n) is 21.2. The van der Waals surface area contributed by atoms with Crippen molar-refractivity contribution in [2.24, 2.45) is 0 Å². The maximum atomic E-state index is 13.7. The Morgan fingerprint density at radius 3 is 2.62 bits per heavy atom. The van der Waals surface area contributed by atoms with Crippen LogP contribution in [0.4, 0.5) is 4.39 Å². The Labute approximate surface area is 217 Å². The summed E-state index contributed by atoms with van der Waals surface area (Å²) in [7, 11) is 1.80. The predicted molar refractivity (Wildman–Crippen MR) is 142 cm³/mol. The van der Waals surface area contributed by atoms with Gasteiger partial charge in [0.2, 0.25) is 0 Å². The van der Waals surface area contributed by atoms with E-state index in [1.54, 1.807) is 24.1 Å². The molecule has 0 bridgehead atoms. The normalized spacial score (nSPS) is 19.5. The molecular formula is C30H33FN4O2. The second-order valence-corrected chi connectivity index (χ2v) is 10.4. The van der Waals surface area contributed by atoms with Crippen LogP contribution in [0.5, 0.6) is 0 Å². The third kappa shape index (κ3) is 5.67. The molecule has 0 aromatic heterocycles.